The number of pyridine rings is 1. The van der Waals surface area contributed by atoms with Crippen molar-refractivity contribution in [3.63, 3.8) is 0 Å². The Kier molecular flexibility index (Phi) is 4.48. The Morgan fingerprint density at radius 1 is 1.32 bits per heavy atom. The summed E-state index contributed by atoms with van der Waals surface area (Å²) in [4.78, 5) is 6.61. The molecular formula is C15H16BrClN2. The van der Waals surface area contributed by atoms with Crippen molar-refractivity contribution in [2.45, 2.75) is 19.9 Å². The maximum atomic E-state index is 6.26. The van der Waals surface area contributed by atoms with Gasteiger partial charge in [-0.3, -0.25) is 0 Å². The molecule has 2 nitrogen and oxygen atoms in total. The van der Waals surface area contributed by atoms with Crippen LogP contribution >= 0.6 is 27.5 Å². The van der Waals surface area contributed by atoms with Gasteiger partial charge in [0.2, 0.25) is 0 Å². The van der Waals surface area contributed by atoms with Crippen molar-refractivity contribution in [1.29, 1.82) is 0 Å². The predicted octanol–water partition coefficient (Wildman–Crippen LogP) is 5.00. The van der Waals surface area contributed by atoms with Gasteiger partial charge in [-0.15, -0.1) is 0 Å². The van der Waals surface area contributed by atoms with E-state index in [0.717, 1.165) is 26.4 Å². The third-order valence-corrected chi connectivity index (χ3v) is 4.16. The van der Waals surface area contributed by atoms with Crippen molar-refractivity contribution < 1.29 is 0 Å². The molecule has 0 aliphatic carbocycles. The van der Waals surface area contributed by atoms with Crippen molar-refractivity contribution in [1.82, 2.24) is 4.98 Å². The molecule has 0 aliphatic rings. The van der Waals surface area contributed by atoms with Crippen LogP contribution in [0.5, 0.6) is 0 Å². The van der Waals surface area contributed by atoms with Crippen LogP contribution in [0.4, 0.5) is 5.82 Å². The SMILES string of the molecule is Cc1cnc(N(C)C(C)c2ccccc2Cl)c(Br)c1. The third kappa shape index (κ3) is 3.10. The molecule has 19 heavy (non-hydrogen) atoms. The molecule has 2 rings (SSSR count). The number of halogens is 2. The zero-order valence-electron chi connectivity index (χ0n) is 11.2. The van der Waals surface area contributed by atoms with E-state index in [0.29, 0.717) is 0 Å². The minimum atomic E-state index is 0.153. The van der Waals surface area contributed by atoms with E-state index < -0.39 is 0 Å². The maximum absolute atomic E-state index is 6.26. The van der Waals surface area contributed by atoms with Gasteiger partial charge in [0.1, 0.15) is 5.82 Å². The quantitative estimate of drug-likeness (QED) is 0.782. The summed E-state index contributed by atoms with van der Waals surface area (Å²) in [6.07, 6.45) is 1.87. The molecule has 0 spiro atoms. The molecule has 0 aliphatic heterocycles. The second-order valence-electron chi connectivity index (χ2n) is 4.63. The molecule has 1 atom stereocenters. The molecule has 1 unspecified atom stereocenters. The molecule has 0 N–H and O–H groups in total. The monoisotopic (exact) mass is 338 g/mol. The summed E-state index contributed by atoms with van der Waals surface area (Å²) < 4.78 is 0.994. The molecule has 1 heterocycles. The number of anilines is 1. The van der Waals surface area contributed by atoms with Crippen LogP contribution in [0, 0.1) is 6.92 Å². The molecule has 0 amide bonds. The van der Waals surface area contributed by atoms with Gasteiger partial charge in [-0.1, -0.05) is 29.8 Å². The molecule has 0 radical (unpaired) electrons. The molecule has 4 heteroatoms. The second kappa shape index (κ2) is 5.93. The molecule has 1 aromatic carbocycles. The fraction of sp³-hybridized carbons (Fsp3) is 0.267. The molecule has 1 aromatic heterocycles. The zero-order chi connectivity index (χ0) is 14.0. The Morgan fingerprint density at radius 2 is 2.00 bits per heavy atom. The highest BCUT2D eigenvalue weighted by molar-refractivity contribution is 9.10. The average Bonchev–Trinajstić information content (AvgIpc) is 2.38. The summed E-state index contributed by atoms with van der Waals surface area (Å²) in [5.41, 5.74) is 2.23. The average molecular weight is 340 g/mol. The number of hydrogen-bond donors (Lipinski definition) is 0. The van der Waals surface area contributed by atoms with Gasteiger partial charge in [0.25, 0.3) is 0 Å². The molecule has 0 saturated carbocycles. The highest BCUT2D eigenvalue weighted by Crippen LogP contribution is 2.32. The van der Waals surface area contributed by atoms with Gasteiger partial charge in [-0.2, -0.15) is 0 Å². The Bertz CT molecular complexity index is 586. The fourth-order valence-corrected chi connectivity index (χ4v) is 3.03. The van der Waals surface area contributed by atoms with Crippen molar-refractivity contribution in [3.05, 3.63) is 57.2 Å². The molecule has 2 aromatic rings. The van der Waals surface area contributed by atoms with E-state index in [4.69, 9.17) is 11.6 Å². The number of benzene rings is 1. The standard InChI is InChI=1S/C15H16BrClN2/c1-10-8-13(16)15(18-9-10)19(3)11(2)12-6-4-5-7-14(12)17/h4-9,11H,1-3H3. The van der Waals surface area contributed by atoms with Crippen LogP contribution in [-0.4, -0.2) is 12.0 Å². The Morgan fingerprint density at radius 3 is 2.63 bits per heavy atom. The van der Waals surface area contributed by atoms with Crippen LogP contribution in [0.1, 0.15) is 24.1 Å². The lowest BCUT2D eigenvalue weighted by Gasteiger charge is -2.28. The first-order valence-electron chi connectivity index (χ1n) is 6.10. The van der Waals surface area contributed by atoms with Gasteiger partial charge in [-0.05, 0) is 53.0 Å². The molecule has 0 bridgehead atoms. The van der Waals surface area contributed by atoms with E-state index in [-0.39, 0.29) is 6.04 Å². The van der Waals surface area contributed by atoms with Crippen molar-refractivity contribution in [2.75, 3.05) is 11.9 Å². The number of nitrogens with zero attached hydrogens (tertiary/aromatic N) is 2. The van der Waals surface area contributed by atoms with Gasteiger partial charge in [-0.25, -0.2) is 4.98 Å². The largest absolute Gasteiger partial charge is 0.352 e. The van der Waals surface area contributed by atoms with Crippen LogP contribution in [0.3, 0.4) is 0 Å². The van der Waals surface area contributed by atoms with Crippen LogP contribution in [0.25, 0.3) is 0 Å². The predicted molar refractivity (Wildman–Crippen MR) is 84.9 cm³/mol. The topological polar surface area (TPSA) is 16.1 Å². The Hall–Kier alpha value is -1.06. The highest BCUT2D eigenvalue weighted by Gasteiger charge is 2.17. The van der Waals surface area contributed by atoms with E-state index in [9.17, 15) is 0 Å². The number of rotatable bonds is 3. The Balaban J connectivity index is 2.33. The van der Waals surface area contributed by atoms with Gasteiger partial charge in [0, 0.05) is 18.3 Å². The molecular weight excluding hydrogens is 324 g/mol. The number of aromatic nitrogens is 1. The maximum Gasteiger partial charge on any atom is 0.143 e. The first-order chi connectivity index (χ1) is 9.00. The Labute approximate surface area is 127 Å². The van der Waals surface area contributed by atoms with Crippen LogP contribution in [0.2, 0.25) is 5.02 Å². The second-order valence-corrected chi connectivity index (χ2v) is 5.89. The summed E-state index contributed by atoms with van der Waals surface area (Å²) in [6.45, 7) is 4.15. The van der Waals surface area contributed by atoms with E-state index >= 15 is 0 Å². The van der Waals surface area contributed by atoms with Crippen LogP contribution in [-0.2, 0) is 0 Å². The van der Waals surface area contributed by atoms with Gasteiger partial charge in [0.05, 0.1) is 10.5 Å². The lowest BCUT2D eigenvalue weighted by atomic mass is 10.1. The van der Waals surface area contributed by atoms with Gasteiger partial charge < -0.3 is 4.90 Å². The van der Waals surface area contributed by atoms with Crippen molar-refractivity contribution >= 4 is 33.3 Å². The van der Waals surface area contributed by atoms with Crippen molar-refractivity contribution in [3.8, 4) is 0 Å². The van der Waals surface area contributed by atoms with E-state index in [2.05, 4.69) is 38.8 Å². The first-order valence-corrected chi connectivity index (χ1v) is 7.27. The number of aryl methyl sites for hydroxylation is 1. The molecule has 0 fully saturated rings. The zero-order valence-corrected chi connectivity index (χ0v) is 13.5. The first kappa shape index (κ1) is 14.4. The normalized spacial score (nSPS) is 12.3. The van der Waals surface area contributed by atoms with Gasteiger partial charge >= 0.3 is 0 Å². The fourth-order valence-electron chi connectivity index (χ4n) is 1.99. The number of hydrogen-bond acceptors (Lipinski definition) is 2. The van der Waals surface area contributed by atoms with Gasteiger partial charge in [0.15, 0.2) is 0 Å². The summed E-state index contributed by atoms with van der Waals surface area (Å²) in [6, 6.07) is 10.1. The van der Waals surface area contributed by atoms with Crippen LogP contribution < -0.4 is 4.90 Å². The van der Waals surface area contributed by atoms with E-state index in [1.54, 1.807) is 0 Å². The smallest absolute Gasteiger partial charge is 0.143 e. The summed E-state index contributed by atoms with van der Waals surface area (Å²) >= 11 is 9.83. The van der Waals surface area contributed by atoms with Crippen LogP contribution in [0.15, 0.2) is 41.0 Å². The summed E-state index contributed by atoms with van der Waals surface area (Å²) in [5, 5.41) is 0.782. The summed E-state index contributed by atoms with van der Waals surface area (Å²) in [7, 11) is 2.02. The lowest BCUT2D eigenvalue weighted by molar-refractivity contribution is 0.727. The van der Waals surface area contributed by atoms with E-state index in [1.165, 1.54) is 0 Å². The highest BCUT2D eigenvalue weighted by atomic mass is 79.9. The lowest BCUT2D eigenvalue weighted by Crippen LogP contribution is -2.23. The minimum absolute atomic E-state index is 0.153. The summed E-state index contributed by atoms with van der Waals surface area (Å²) in [5.74, 6) is 0.915. The van der Waals surface area contributed by atoms with Crippen molar-refractivity contribution in [2.24, 2.45) is 0 Å². The molecule has 100 valence electrons. The van der Waals surface area contributed by atoms with E-state index in [1.807, 2.05) is 44.4 Å². The minimum Gasteiger partial charge on any atom is -0.352 e. The molecule has 0 saturated heterocycles. The third-order valence-electron chi connectivity index (χ3n) is 3.23.